The van der Waals surface area contributed by atoms with E-state index in [0.717, 1.165) is 34.6 Å². The first-order valence-corrected chi connectivity index (χ1v) is 9.32. The second-order valence-corrected chi connectivity index (χ2v) is 6.77. The maximum Gasteiger partial charge on any atom is 0.224 e. The van der Waals surface area contributed by atoms with Gasteiger partial charge in [0.15, 0.2) is 0 Å². The molecule has 27 heavy (non-hydrogen) atoms. The van der Waals surface area contributed by atoms with Crippen molar-refractivity contribution < 1.29 is 14.3 Å². The molecule has 2 heterocycles. The Balaban J connectivity index is 1.45. The normalized spacial score (nSPS) is 15.4. The van der Waals surface area contributed by atoms with Crippen LogP contribution in [0, 0.1) is 0 Å². The smallest absolute Gasteiger partial charge is 0.224 e. The number of rotatable bonds is 6. The first-order valence-electron chi connectivity index (χ1n) is 9.32. The van der Waals surface area contributed by atoms with Gasteiger partial charge in [-0.2, -0.15) is 0 Å². The summed E-state index contributed by atoms with van der Waals surface area (Å²) in [6.07, 6.45) is 1.88. The molecule has 1 unspecified atom stereocenters. The molecular weight excluding hydrogens is 342 g/mol. The number of aromatic nitrogens is 2. The van der Waals surface area contributed by atoms with Crippen LogP contribution in [0.4, 0.5) is 5.69 Å². The number of para-hydroxylation sites is 2. The number of aromatic amines is 1. The number of anilines is 1. The summed E-state index contributed by atoms with van der Waals surface area (Å²) in [5.41, 5.74) is 3.67. The van der Waals surface area contributed by atoms with E-state index in [4.69, 9.17) is 9.47 Å². The summed E-state index contributed by atoms with van der Waals surface area (Å²) in [6, 6.07) is 11.7. The number of fused-ring (bicyclic) bond motifs is 2. The molecule has 0 fully saturated rings. The van der Waals surface area contributed by atoms with Crippen molar-refractivity contribution in [3.05, 3.63) is 47.8 Å². The van der Waals surface area contributed by atoms with E-state index < -0.39 is 0 Å². The summed E-state index contributed by atoms with van der Waals surface area (Å²) in [5.74, 6) is 2.23. The standard InChI is InChI=1S/C21H23N3O3/c1-3-26-19-11-14-10-13(2)27-18(14)12-17(19)24-21(25)9-8-20-22-15-6-4-5-7-16(15)23-20/h4-7,11-13H,3,8-10H2,1-2H3,(H,22,23)(H,24,25). The van der Waals surface area contributed by atoms with Crippen LogP contribution in [0.15, 0.2) is 36.4 Å². The molecule has 0 spiro atoms. The first-order chi connectivity index (χ1) is 13.1. The molecule has 140 valence electrons. The van der Waals surface area contributed by atoms with Gasteiger partial charge in [0.25, 0.3) is 0 Å². The summed E-state index contributed by atoms with van der Waals surface area (Å²) < 4.78 is 11.5. The van der Waals surface area contributed by atoms with Gasteiger partial charge in [0.2, 0.25) is 5.91 Å². The molecule has 0 aliphatic carbocycles. The molecule has 6 heteroatoms. The molecule has 2 N–H and O–H groups in total. The number of ether oxygens (including phenoxy) is 2. The van der Waals surface area contributed by atoms with Crippen molar-refractivity contribution in [1.82, 2.24) is 9.97 Å². The third kappa shape index (κ3) is 3.74. The van der Waals surface area contributed by atoms with Gasteiger partial charge in [-0.05, 0) is 32.0 Å². The van der Waals surface area contributed by atoms with Gasteiger partial charge in [-0.3, -0.25) is 4.79 Å². The number of nitrogens with zero attached hydrogens (tertiary/aromatic N) is 1. The zero-order valence-corrected chi connectivity index (χ0v) is 15.5. The molecule has 3 aromatic rings. The Kier molecular flexibility index (Phi) is 4.71. The molecule has 1 aromatic heterocycles. The van der Waals surface area contributed by atoms with Gasteiger partial charge in [-0.25, -0.2) is 4.98 Å². The molecule has 2 aromatic carbocycles. The average Bonchev–Trinajstić information content (AvgIpc) is 3.22. The largest absolute Gasteiger partial charge is 0.492 e. The second-order valence-electron chi connectivity index (χ2n) is 6.77. The lowest BCUT2D eigenvalue weighted by Crippen LogP contribution is -2.14. The fraction of sp³-hybridized carbons (Fsp3) is 0.333. The predicted molar refractivity (Wildman–Crippen MR) is 104 cm³/mol. The second kappa shape index (κ2) is 7.31. The minimum Gasteiger partial charge on any atom is -0.492 e. The summed E-state index contributed by atoms with van der Waals surface area (Å²) >= 11 is 0. The molecule has 1 aliphatic heterocycles. The summed E-state index contributed by atoms with van der Waals surface area (Å²) in [6.45, 7) is 4.50. The van der Waals surface area contributed by atoms with Gasteiger partial charge in [0.1, 0.15) is 23.4 Å². The molecule has 1 aliphatic rings. The Morgan fingerprint density at radius 2 is 2.22 bits per heavy atom. The molecule has 4 rings (SSSR count). The Labute approximate surface area is 157 Å². The van der Waals surface area contributed by atoms with E-state index in [0.29, 0.717) is 30.9 Å². The molecular formula is C21H23N3O3. The van der Waals surface area contributed by atoms with E-state index in [1.54, 1.807) is 0 Å². The van der Waals surface area contributed by atoms with E-state index >= 15 is 0 Å². The lowest BCUT2D eigenvalue weighted by Gasteiger charge is -2.13. The zero-order valence-electron chi connectivity index (χ0n) is 15.5. The Hall–Kier alpha value is -3.02. The van der Waals surface area contributed by atoms with Gasteiger partial charge in [0.05, 0.1) is 23.3 Å². The number of H-pyrrole nitrogens is 1. The highest BCUT2D eigenvalue weighted by molar-refractivity contribution is 5.93. The van der Waals surface area contributed by atoms with E-state index in [1.807, 2.05) is 50.2 Å². The molecule has 0 radical (unpaired) electrons. The molecule has 0 saturated carbocycles. The summed E-state index contributed by atoms with van der Waals surface area (Å²) in [4.78, 5) is 20.2. The number of imidazole rings is 1. The first kappa shape index (κ1) is 17.4. The van der Waals surface area contributed by atoms with Gasteiger partial charge >= 0.3 is 0 Å². The van der Waals surface area contributed by atoms with Gasteiger partial charge in [0, 0.05) is 30.9 Å². The third-order valence-electron chi connectivity index (χ3n) is 4.60. The van der Waals surface area contributed by atoms with Crippen LogP contribution >= 0.6 is 0 Å². The van der Waals surface area contributed by atoms with Crippen LogP contribution in [0.5, 0.6) is 11.5 Å². The van der Waals surface area contributed by atoms with Crippen molar-refractivity contribution >= 4 is 22.6 Å². The number of benzene rings is 2. The van der Waals surface area contributed by atoms with Gasteiger partial charge < -0.3 is 19.8 Å². The van der Waals surface area contributed by atoms with Gasteiger partial charge in [-0.15, -0.1) is 0 Å². The number of aryl methyl sites for hydroxylation is 1. The van der Waals surface area contributed by atoms with Crippen molar-refractivity contribution in [3.8, 4) is 11.5 Å². The fourth-order valence-electron chi connectivity index (χ4n) is 3.38. The van der Waals surface area contributed by atoms with Crippen LogP contribution < -0.4 is 14.8 Å². The van der Waals surface area contributed by atoms with Gasteiger partial charge in [-0.1, -0.05) is 12.1 Å². The van der Waals surface area contributed by atoms with E-state index in [2.05, 4.69) is 15.3 Å². The van der Waals surface area contributed by atoms with Crippen LogP contribution in [0.1, 0.15) is 31.7 Å². The Morgan fingerprint density at radius 1 is 1.37 bits per heavy atom. The van der Waals surface area contributed by atoms with Crippen molar-refractivity contribution in [2.24, 2.45) is 0 Å². The van der Waals surface area contributed by atoms with Crippen molar-refractivity contribution in [2.75, 3.05) is 11.9 Å². The maximum absolute atomic E-state index is 12.5. The molecule has 1 atom stereocenters. The number of carbonyl (C=O) groups is 1. The van der Waals surface area contributed by atoms with Crippen molar-refractivity contribution in [1.29, 1.82) is 0 Å². The third-order valence-corrected chi connectivity index (χ3v) is 4.60. The van der Waals surface area contributed by atoms with Crippen LogP contribution in [0.2, 0.25) is 0 Å². The quantitative estimate of drug-likeness (QED) is 0.695. The highest BCUT2D eigenvalue weighted by atomic mass is 16.5. The SMILES string of the molecule is CCOc1cc2c(cc1NC(=O)CCc1nc3ccccc3[nH]1)OC(C)C2. The summed E-state index contributed by atoms with van der Waals surface area (Å²) in [7, 11) is 0. The molecule has 0 bridgehead atoms. The Morgan fingerprint density at radius 3 is 3.04 bits per heavy atom. The van der Waals surface area contributed by atoms with E-state index in [9.17, 15) is 4.79 Å². The molecule has 1 amide bonds. The number of nitrogens with one attached hydrogen (secondary N) is 2. The molecule has 6 nitrogen and oxygen atoms in total. The van der Waals surface area contributed by atoms with Crippen LogP contribution in [-0.2, 0) is 17.6 Å². The minimum atomic E-state index is -0.0811. The maximum atomic E-state index is 12.5. The monoisotopic (exact) mass is 365 g/mol. The Bertz CT molecular complexity index is 947. The topological polar surface area (TPSA) is 76.2 Å². The number of amides is 1. The average molecular weight is 365 g/mol. The predicted octanol–water partition coefficient (Wildman–Crippen LogP) is 3.86. The number of hydrogen-bond acceptors (Lipinski definition) is 4. The van der Waals surface area contributed by atoms with Crippen molar-refractivity contribution in [3.63, 3.8) is 0 Å². The van der Waals surface area contributed by atoms with Crippen LogP contribution in [0.25, 0.3) is 11.0 Å². The summed E-state index contributed by atoms with van der Waals surface area (Å²) in [5, 5.41) is 2.96. The fourth-order valence-corrected chi connectivity index (χ4v) is 3.38. The van der Waals surface area contributed by atoms with Crippen molar-refractivity contribution in [2.45, 2.75) is 39.2 Å². The highest BCUT2D eigenvalue weighted by Crippen LogP contribution is 2.38. The van der Waals surface area contributed by atoms with Crippen LogP contribution in [0.3, 0.4) is 0 Å². The van der Waals surface area contributed by atoms with Crippen LogP contribution in [-0.4, -0.2) is 28.6 Å². The lowest BCUT2D eigenvalue weighted by atomic mass is 10.1. The zero-order chi connectivity index (χ0) is 18.8. The minimum absolute atomic E-state index is 0.0811. The molecule has 0 saturated heterocycles. The van der Waals surface area contributed by atoms with E-state index in [-0.39, 0.29) is 12.0 Å². The number of carbonyl (C=O) groups excluding carboxylic acids is 1. The highest BCUT2D eigenvalue weighted by Gasteiger charge is 2.22. The number of hydrogen-bond donors (Lipinski definition) is 2. The lowest BCUT2D eigenvalue weighted by molar-refractivity contribution is -0.116. The van der Waals surface area contributed by atoms with E-state index in [1.165, 1.54) is 0 Å².